The molecular weight excluding hydrogens is 224 g/mol. The van der Waals surface area contributed by atoms with Crippen LogP contribution in [0.25, 0.3) is 22.2 Å². The van der Waals surface area contributed by atoms with Gasteiger partial charge in [0.25, 0.3) is 0 Å². The number of carbonyl (C=O) groups excluding carboxylic acids is 1. The number of benzene rings is 2. The molecule has 0 saturated carbocycles. The Bertz CT molecular complexity index is 728. The minimum absolute atomic E-state index is 0.0664. The summed E-state index contributed by atoms with van der Waals surface area (Å²) in [6, 6.07) is 15.5. The van der Waals surface area contributed by atoms with Crippen molar-refractivity contribution in [3.63, 3.8) is 0 Å². The molecule has 1 heterocycles. The molecule has 1 N–H and O–H groups in total. The molecule has 88 valence electrons. The molecule has 0 unspecified atom stereocenters. The standard InChI is InChI=1S/C15H12N2O/c1-10(18)11-5-4-6-12(9-11)15-13-7-2-3-8-14(13)16-17-15/h2-9H,1H3,(H,16,17). The van der Waals surface area contributed by atoms with E-state index in [1.54, 1.807) is 6.92 Å². The third-order valence-electron chi connectivity index (χ3n) is 3.01. The van der Waals surface area contributed by atoms with Gasteiger partial charge in [-0.25, -0.2) is 0 Å². The highest BCUT2D eigenvalue weighted by Gasteiger charge is 2.08. The van der Waals surface area contributed by atoms with Crippen LogP contribution in [0, 0.1) is 0 Å². The summed E-state index contributed by atoms with van der Waals surface area (Å²) in [7, 11) is 0. The van der Waals surface area contributed by atoms with Crippen molar-refractivity contribution < 1.29 is 4.79 Å². The second-order valence-electron chi connectivity index (χ2n) is 4.25. The average Bonchev–Trinajstić information content (AvgIpc) is 2.82. The number of fused-ring (bicyclic) bond motifs is 1. The monoisotopic (exact) mass is 236 g/mol. The predicted molar refractivity (Wildman–Crippen MR) is 71.5 cm³/mol. The van der Waals surface area contributed by atoms with E-state index in [1.165, 1.54) is 0 Å². The number of nitrogens with one attached hydrogen (secondary N) is 1. The van der Waals surface area contributed by atoms with Crippen LogP contribution in [0.3, 0.4) is 0 Å². The number of carbonyl (C=O) groups is 1. The number of ketones is 1. The number of rotatable bonds is 2. The normalized spacial score (nSPS) is 10.7. The van der Waals surface area contributed by atoms with Crippen molar-refractivity contribution in [2.24, 2.45) is 0 Å². The van der Waals surface area contributed by atoms with E-state index >= 15 is 0 Å². The number of Topliss-reactive ketones (excluding diaryl/α,β-unsaturated/α-hetero) is 1. The van der Waals surface area contributed by atoms with Gasteiger partial charge in [-0.1, -0.05) is 36.4 Å². The Balaban J connectivity index is 2.20. The van der Waals surface area contributed by atoms with Gasteiger partial charge >= 0.3 is 0 Å². The maximum absolute atomic E-state index is 11.4. The Morgan fingerprint density at radius 1 is 1.11 bits per heavy atom. The lowest BCUT2D eigenvalue weighted by atomic mass is 10.0. The fraction of sp³-hybridized carbons (Fsp3) is 0.0667. The first kappa shape index (κ1) is 10.7. The third-order valence-corrected chi connectivity index (χ3v) is 3.01. The van der Waals surface area contributed by atoms with Gasteiger partial charge in [0.1, 0.15) is 0 Å². The Morgan fingerprint density at radius 2 is 1.94 bits per heavy atom. The van der Waals surface area contributed by atoms with Crippen molar-refractivity contribution in [1.29, 1.82) is 0 Å². The number of nitrogens with zero attached hydrogens (tertiary/aromatic N) is 1. The Kier molecular flexibility index (Phi) is 2.45. The van der Waals surface area contributed by atoms with Gasteiger partial charge in [0.15, 0.2) is 5.78 Å². The van der Waals surface area contributed by atoms with E-state index in [2.05, 4.69) is 10.2 Å². The zero-order valence-electron chi connectivity index (χ0n) is 9.97. The first-order valence-corrected chi connectivity index (χ1v) is 5.80. The first-order valence-electron chi connectivity index (χ1n) is 5.80. The molecule has 0 aliphatic carbocycles. The highest BCUT2D eigenvalue weighted by atomic mass is 16.1. The highest BCUT2D eigenvalue weighted by molar-refractivity contribution is 5.97. The van der Waals surface area contributed by atoms with Gasteiger partial charge < -0.3 is 0 Å². The molecule has 0 aliphatic rings. The van der Waals surface area contributed by atoms with Gasteiger partial charge in [-0.3, -0.25) is 9.89 Å². The predicted octanol–water partition coefficient (Wildman–Crippen LogP) is 3.43. The minimum Gasteiger partial charge on any atom is -0.295 e. The van der Waals surface area contributed by atoms with Gasteiger partial charge in [0, 0.05) is 16.5 Å². The van der Waals surface area contributed by atoms with E-state index in [4.69, 9.17) is 0 Å². The number of aromatic nitrogens is 2. The van der Waals surface area contributed by atoms with Crippen LogP contribution >= 0.6 is 0 Å². The van der Waals surface area contributed by atoms with Crippen LogP contribution in [0.5, 0.6) is 0 Å². The van der Waals surface area contributed by atoms with Crippen molar-refractivity contribution in [3.05, 3.63) is 54.1 Å². The SMILES string of the molecule is CC(=O)c1cccc(-c2n[nH]c3ccccc23)c1. The van der Waals surface area contributed by atoms with Crippen molar-refractivity contribution in [1.82, 2.24) is 10.2 Å². The van der Waals surface area contributed by atoms with Crippen molar-refractivity contribution >= 4 is 16.7 Å². The summed E-state index contributed by atoms with van der Waals surface area (Å²) in [5.41, 5.74) is 3.55. The van der Waals surface area contributed by atoms with E-state index in [-0.39, 0.29) is 5.78 Å². The molecular formula is C15H12N2O. The molecule has 0 bridgehead atoms. The number of para-hydroxylation sites is 1. The van der Waals surface area contributed by atoms with Gasteiger partial charge in [0.05, 0.1) is 11.2 Å². The van der Waals surface area contributed by atoms with Gasteiger partial charge in [0.2, 0.25) is 0 Å². The van der Waals surface area contributed by atoms with E-state index in [9.17, 15) is 4.79 Å². The van der Waals surface area contributed by atoms with Crippen LogP contribution in [0.15, 0.2) is 48.5 Å². The molecule has 3 rings (SSSR count). The van der Waals surface area contributed by atoms with Crippen LogP contribution in [-0.4, -0.2) is 16.0 Å². The molecule has 0 fully saturated rings. The quantitative estimate of drug-likeness (QED) is 0.693. The molecule has 3 heteroatoms. The topological polar surface area (TPSA) is 45.8 Å². The van der Waals surface area contributed by atoms with E-state index < -0.39 is 0 Å². The van der Waals surface area contributed by atoms with E-state index in [0.29, 0.717) is 5.56 Å². The molecule has 2 aromatic carbocycles. The molecule has 3 aromatic rings. The maximum Gasteiger partial charge on any atom is 0.159 e. The lowest BCUT2D eigenvalue weighted by Crippen LogP contribution is -1.91. The summed E-state index contributed by atoms with van der Waals surface area (Å²) < 4.78 is 0. The smallest absolute Gasteiger partial charge is 0.159 e. The Labute approximate surface area is 104 Å². The van der Waals surface area contributed by atoms with Crippen molar-refractivity contribution in [3.8, 4) is 11.3 Å². The molecule has 18 heavy (non-hydrogen) atoms. The summed E-state index contributed by atoms with van der Waals surface area (Å²) in [5, 5.41) is 8.40. The van der Waals surface area contributed by atoms with Crippen molar-refractivity contribution in [2.75, 3.05) is 0 Å². The second-order valence-corrected chi connectivity index (χ2v) is 4.25. The van der Waals surface area contributed by atoms with E-state index in [1.807, 2.05) is 48.5 Å². The fourth-order valence-electron chi connectivity index (χ4n) is 2.07. The summed E-state index contributed by atoms with van der Waals surface area (Å²) in [5.74, 6) is 0.0664. The van der Waals surface area contributed by atoms with Gasteiger partial charge in [-0.05, 0) is 19.1 Å². The summed E-state index contributed by atoms with van der Waals surface area (Å²) in [4.78, 5) is 11.4. The molecule has 0 saturated heterocycles. The Hall–Kier alpha value is -2.42. The third kappa shape index (κ3) is 1.70. The lowest BCUT2D eigenvalue weighted by Gasteiger charge is -2.00. The molecule has 1 aromatic heterocycles. The van der Waals surface area contributed by atoms with Gasteiger partial charge in [-0.2, -0.15) is 5.10 Å². The number of H-pyrrole nitrogens is 1. The average molecular weight is 236 g/mol. The lowest BCUT2D eigenvalue weighted by molar-refractivity contribution is 0.101. The van der Waals surface area contributed by atoms with E-state index in [0.717, 1.165) is 22.2 Å². The second kappa shape index (κ2) is 4.11. The summed E-state index contributed by atoms with van der Waals surface area (Å²) in [6.07, 6.45) is 0. The van der Waals surface area contributed by atoms with Crippen LogP contribution in [-0.2, 0) is 0 Å². The zero-order valence-corrected chi connectivity index (χ0v) is 9.97. The van der Waals surface area contributed by atoms with Gasteiger partial charge in [-0.15, -0.1) is 0 Å². The van der Waals surface area contributed by atoms with Crippen LogP contribution in [0.4, 0.5) is 0 Å². The molecule has 0 radical (unpaired) electrons. The number of hydrogen-bond donors (Lipinski definition) is 1. The van der Waals surface area contributed by atoms with Crippen LogP contribution in [0.1, 0.15) is 17.3 Å². The highest BCUT2D eigenvalue weighted by Crippen LogP contribution is 2.26. The molecule has 3 nitrogen and oxygen atoms in total. The number of hydrogen-bond acceptors (Lipinski definition) is 2. The molecule has 0 spiro atoms. The number of aromatic amines is 1. The fourth-order valence-corrected chi connectivity index (χ4v) is 2.07. The first-order chi connectivity index (χ1) is 8.75. The largest absolute Gasteiger partial charge is 0.295 e. The molecule has 0 atom stereocenters. The minimum atomic E-state index is 0.0664. The maximum atomic E-state index is 11.4. The summed E-state index contributed by atoms with van der Waals surface area (Å²) in [6.45, 7) is 1.57. The zero-order chi connectivity index (χ0) is 12.5. The van der Waals surface area contributed by atoms with Crippen LogP contribution in [0.2, 0.25) is 0 Å². The summed E-state index contributed by atoms with van der Waals surface area (Å²) >= 11 is 0. The van der Waals surface area contributed by atoms with Crippen LogP contribution < -0.4 is 0 Å². The molecule has 0 aliphatic heterocycles. The van der Waals surface area contributed by atoms with Crippen molar-refractivity contribution in [2.45, 2.75) is 6.92 Å². The Morgan fingerprint density at radius 3 is 2.78 bits per heavy atom. The molecule has 0 amide bonds.